The van der Waals surface area contributed by atoms with Crippen LogP contribution in [-0.4, -0.2) is 10.7 Å². The van der Waals surface area contributed by atoms with Crippen LogP contribution in [0, 0.1) is 10.6 Å². The molecule has 0 bridgehead atoms. The first kappa shape index (κ1) is 16.2. The van der Waals surface area contributed by atoms with Crippen molar-refractivity contribution < 1.29 is 9.63 Å². The number of hydrogen-bond acceptors (Lipinski definition) is 3. The van der Waals surface area contributed by atoms with Gasteiger partial charge in [-0.3, -0.25) is 0 Å². The zero-order valence-electron chi connectivity index (χ0n) is 12.7. The average molecular weight is 348 g/mol. The first-order valence-electron chi connectivity index (χ1n) is 7.79. The summed E-state index contributed by atoms with van der Waals surface area (Å²) in [6.45, 7) is 0. The van der Waals surface area contributed by atoms with Gasteiger partial charge in [-0.2, -0.15) is 4.73 Å². The van der Waals surface area contributed by atoms with Gasteiger partial charge in [-0.15, -0.1) is 0 Å². The number of nitrogens with zero attached hydrogens (tertiary/aromatic N) is 1. The minimum absolute atomic E-state index is 0.0549. The topological polar surface area (TPSA) is 31.2 Å². The van der Waals surface area contributed by atoms with Gasteiger partial charge in [0.25, 0.3) is 0 Å². The second kappa shape index (κ2) is 7.28. The Morgan fingerprint density at radius 1 is 1.09 bits per heavy atom. The van der Waals surface area contributed by atoms with Gasteiger partial charge in [0.1, 0.15) is 4.64 Å². The monoisotopic (exact) mass is 347 g/mol. The van der Waals surface area contributed by atoms with Crippen LogP contribution in [0.1, 0.15) is 37.2 Å². The molecule has 2 aromatic rings. The Hall–Kier alpha value is -1.65. The van der Waals surface area contributed by atoms with Crippen LogP contribution in [0.5, 0.6) is 0 Å². The Morgan fingerprint density at radius 3 is 2.43 bits per heavy atom. The fourth-order valence-corrected chi connectivity index (χ4v) is 3.36. The smallest absolute Gasteiger partial charge is 0.335 e. The number of carbonyl (C=O) groups is 1. The molecule has 1 fully saturated rings. The van der Waals surface area contributed by atoms with Crippen molar-refractivity contribution in [2.45, 2.75) is 31.6 Å². The maximum Gasteiger partial charge on any atom is 0.335 e. The molecule has 5 heteroatoms. The molecule has 1 saturated carbocycles. The molecule has 23 heavy (non-hydrogen) atoms. The van der Waals surface area contributed by atoms with Gasteiger partial charge in [-0.25, -0.2) is 4.79 Å². The molecular formula is C18H18ClNO2S. The highest BCUT2D eigenvalue weighted by Crippen LogP contribution is 2.36. The van der Waals surface area contributed by atoms with Crippen molar-refractivity contribution in [2.24, 2.45) is 5.92 Å². The molecule has 0 saturated heterocycles. The van der Waals surface area contributed by atoms with Gasteiger partial charge in [0.2, 0.25) is 0 Å². The van der Waals surface area contributed by atoms with Gasteiger partial charge in [0, 0.05) is 11.2 Å². The van der Waals surface area contributed by atoms with Crippen LogP contribution in [0.4, 0.5) is 0 Å². The Kier molecular flexibility index (Phi) is 5.13. The van der Waals surface area contributed by atoms with E-state index in [1.807, 2.05) is 18.2 Å². The zero-order chi connectivity index (χ0) is 16.2. The third-order valence-corrected chi connectivity index (χ3v) is 4.95. The molecule has 0 unspecified atom stereocenters. The lowest BCUT2D eigenvalue weighted by atomic mass is 9.79. The van der Waals surface area contributed by atoms with Gasteiger partial charge in [0.05, 0.1) is 5.92 Å². The Balaban J connectivity index is 1.58. The van der Waals surface area contributed by atoms with Gasteiger partial charge >= 0.3 is 5.97 Å². The van der Waals surface area contributed by atoms with Gasteiger partial charge in [-0.1, -0.05) is 42.0 Å². The summed E-state index contributed by atoms with van der Waals surface area (Å²) in [7, 11) is 0. The van der Waals surface area contributed by atoms with Crippen molar-refractivity contribution in [1.82, 2.24) is 4.73 Å². The van der Waals surface area contributed by atoms with E-state index in [1.165, 1.54) is 10.3 Å². The van der Waals surface area contributed by atoms with Crippen LogP contribution in [0.25, 0.3) is 0 Å². The summed E-state index contributed by atoms with van der Waals surface area (Å²) in [5.74, 6) is 0.248. The van der Waals surface area contributed by atoms with E-state index in [0.29, 0.717) is 10.6 Å². The highest BCUT2D eigenvalue weighted by molar-refractivity contribution is 7.71. The van der Waals surface area contributed by atoms with Crippen molar-refractivity contribution >= 4 is 29.8 Å². The molecule has 0 N–H and O–H groups in total. The molecule has 0 radical (unpaired) electrons. The van der Waals surface area contributed by atoms with E-state index in [1.54, 1.807) is 18.3 Å². The van der Waals surface area contributed by atoms with E-state index >= 15 is 0 Å². The van der Waals surface area contributed by atoms with Crippen LogP contribution in [0.2, 0.25) is 5.02 Å². The van der Waals surface area contributed by atoms with Crippen molar-refractivity contribution in [2.75, 3.05) is 0 Å². The van der Waals surface area contributed by atoms with E-state index in [9.17, 15) is 4.79 Å². The molecule has 1 aliphatic carbocycles. The highest BCUT2D eigenvalue weighted by atomic mass is 35.5. The molecule has 0 amide bonds. The van der Waals surface area contributed by atoms with Crippen LogP contribution in [-0.2, 0) is 4.79 Å². The predicted molar refractivity (Wildman–Crippen MR) is 93.0 cm³/mol. The molecule has 1 aromatic carbocycles. The van der Waals surface area contributed by atoms with Crippen LogP contribution in [0.3, 0.4) is 0 Å². The summed E-state index contributed by atoms with van der Waals surface area (Å²) in [4.78, 5) is 17.7. The normalized spacial score (nSPS) is 20.9. The van der Waals surface area contributed by atoms with Gasteiger partial charge in [0.15, 0.2) is 0 Å². The van der Waals surface area contributed by atoms with E-state index in [4.69, 9.17) is 28.7 Å². The first-order valence-corrected chi connectivity index (χ1v) is 8.57. The van der Waals surface area contributed by atoms with Crippen LogP contribution in [0.15, 0.2) is 48.7 Å². The fourth-order valence-electron chi connectivity index (χ4n) is 3.06. The maximum absolute atomic E-state index is 12.3. The third kappa shape index (κ3) is 4.01. The molecular weight excluding hydrogens is 330 g/mol. The summed E-state index contributed by atoms with van der Waals surface area (Å²) in [5.41, 5.74) is 1.30. The Labute approximate surface area is 145 Å². The van der Waals surface area contributed by atoms with Gasteiger partial charge < -0.3 is 4.84 Å². The average Bonchev–Trinajstić information content (AvgIpc) is 2.58. The lowest BCUT2D eigenvalue weighted by Crippen LogP contribution is -2.30. The number of aromatic nitrogens is 1. The second-order valence-corrected chi connectivity index (χ2v) is 6.73. The number of hydrogen-bond donors (Lipinski definition) is 0. The fraction of sp³-hybridized carbons (Fsp3) is 0.333. The van der Waals surface area contributed by atoms with Crippen LogP contribution >= 0.6 is 23.8 Å². The minimum Gasteiger partial charge on any atom is -0.335 e. The molecule has 0 spiro atoms. The summed E-state index contributed by atoms with van der Waals surface area (Å²) < 4.78 is 1.86. The van der Waals surface area contributed by atoms with E-state index in [0.717, 1.165) is 30.7 Å². The largest absolute Gasteiger partial charge is 0.335 e. The summed E-state index contributed by atoms with van der Waals surface area (Å²) in [6, 6.07) is 13.4. The number of benzene rings is 1. The lowest BCUT2D eigenvalue weighted by molar-refractivity contribution is -0.150. The SMILES string of the molecule is O=C(On1ccccc1=S)[C@H]1CC[C@H](c2ccc(Cl)cc2)CC1. The quantitative estimate of drug-likeness (QED) is 0.747. The molecule has 1 heterocycles. The molecule has 120 valence electrons. The number of pyridine rings is 1. The maximum atomic E-state index is 12.3. The second-order valence-electron chi connectivity index (χ2n) is 5.88. The summed E-state index contributed by atoms with van der Waals surface area (Å²) >= 11 is 11.1. The molecule has 1 aliphatic rings. The van der Waals surface area contributed by atoms with Crippen molar-refractivity contribution in [3.8, 4) is 0 Å². The molecule has 1 aromatic heterocycles. The van der Waals surface area contributed by atoms with Crippen LogP contribution < -0.4 is 4.84 Å². The van der Waals surface area contributed by atoms with Crippen molar-refractivity contribution in [3.63, 3.8) is 0 Å². The standard InChI is InChI=1S/C18H18ClNO2S/c19-16-10-8-14(9-11-16)13-4-6-15(7-5-13)18(21)22-20-12-2-1-3-17(20)23/h1-3,8-13,15H,4-7H2/t13-,15-. The Morgan fingerprint density at radius 2 is 1.78 bits per heavy atom. The lowest BCUT2D eigenvalue weighted by Gasteiger charge is -2.27. The number of carbonyl (C=O) groups excluding carboxylic acids is 1. The predicted octanol–water partition coefficient (Wildman–Crippen LogP) is 4.80. The third-order valence-electron chi connectivity index (χ3n) is 4.38. The molecule has 0 atom stereocenters. The minimum atomic E-state index is -0.193. The van der Waals surface area contributed by atoms with Gasteiger partial charge in [-0.05, 0) is 61.4 Å². The van der Waals surface area contributed by atoms with Crippen molar-refractivity contribution in [1.29, 1.82) is 0 Å². The number of halogens is 1. The molecule has 0 aliphatic heterocycles. The van der Waals surface area contributed by atoms with Crippen molar-refractivity contribution in [3.05, 3.63) is 63.9 Å². The molecule has 3 rings (SSSR count). The highest BCUT2D eigenvalue weighted by Gasteiger charge is 2.28. The van der Waals surface area contributed by atoms with E-state index < -0.39 is 0 Å². The van der Waals surface area contributed by atoms with E-state index in [-0.39, 0.29) is 11.9 Å². The Bertz CT molecular complexity index is 733. The summed E-state index contributed by atoms with van der Waals surface area (Å²) in [5, 5.41) is 0.755. The summed E-state index contributed by atoms with van der Waals surface area (Å²) in [6.07, 6.45) is 5.32. The zero-order valence-corrected chi connectivity index (χ0v) is 14.2. The molecule has 3 nitrogen and oxygen atoms in total. The van der Waals surface area contributed by atoms with E-state index in [2.05, 4.69) is 12.1 Å². The number of rotatable bonds is 3. The first-order chi connectivity index (χ1) is 11.1.